The molecule has 28 heavy (non-hydrogen) atoms. The maximum Gasteiger partial charge on any atom is 0.287 e. The Bertz CT molecular complexity index is 918. The van der Waals surface area contributed by atoms with Crippen molar-refractivity contribution in [3.63, 3.8) is 0 Å². The van der Waals surface area contributed by atoms with Gasteiger partial charge in [-0.3, -0.25) is 4.79 Å². The van der Waals surface area contributed by atoms with Gasteiger partial charge in [0.1, 0.15) is 17.9 Å². The highest BCUT2D eigenvalue weighted by Crippen LogP contribution is 2.28. The lowest BCUT2D eigenvalue weighted by Crippen LogP contribution is -2.40. The van der Waals surface area contributed by atoms with Crippen molar-refractivity contribution in [2.75, 3.05) is 0 Å². The first-order valence-corrected chi connectivity index (χ1v) is 9.45. The fraction of sp³-hybridized carbons (Fsp3) is 0.318. The number of benzene rings is 2. The van der Waals surface area contributed by atoms with Crippen LogP contribution in [0.25, 0.3) is 11.0 Å². The molecule has 0 radical (unpaired) electrons. The van der Waals surface area contributed by atoms with E-state index in [2.05, 4.69) is 5.32 Å². The normalized spacial score (nSPS) is 19.0. The molecule has 4 rings (SSSR count). The summed E-state index contributed by atoms with van der Waals surface area (Å²) in [6.07, 6.45) is 3.69. The lowest BCUT2D eigenvalue weighted by molar-refractivity contribution is 0.0896. The Balaban J connectivity index is 0.00000225. The summed E-state index contributed by atoms with van der Waals surface area (Å²) in [5, 5.41) is 4.02. The van der Waals surface area contributed by atoms with Crippen molar-refractivity contribution in [3.05, 3.63) is 65.9 Å². The highest BCUT2D eigenvalue weighted by Gasteiger charge is 2.25. The molecule has 1 saturated carbocycles. The summed E-state index contributed by atoms with van der Waals surface area (Å²) < 4.78 is 11.8. The molecule has 0 atom stereocenters. The maximum atomic E-state index is 12.9. The van der Waals surface area contributed by atoms with Crippen LogP contribution in [0.2, 0.25) is 0 Å². The predicted octanol–water partition coefficient (Wildman–Crippen LogP) is 4.43. The van der Waals surface area contributed by atoms with Gasteiger partial charge in [0.15, 0.2) is 5.76 Å². The van der Waals surface area contributed by atoms with Crippen LogP contribution in [0.15, 0.2) is 59.0 Å². The molecule has 5 nitrogen and oxygen atoms in total. The van der Waals surface area contributed by atoms with Crippen molar-refractivity contribution in [3.8, 4) is 5.75 Å². The third-order valence-corrected chi connectivity index (χ3v) is 5.14. The van der Waals surface area contributed by atoms with E-state index < -0.39 is 0 Å². The van der Waals surface area contributed by atoms with Crippen LogP contribution in [0.1, 0.15) is 41.8 Å². The van der Waals surface area contributed by atoms with Crippen molar-refractivity contribution in [1.29, 1.82) is 0 Å². The molecule has 6 heteroatoms. The zero-order valence-electron chi connectivity index (χ0n) is 15.6. The third-order valence-electron chi connectivity index (χ3n) is 5.14. The van der Waals surface area contributed by atoms with Gasteiger partial charge in [-0.2, -0.15) is 0 Å². The predicted molar refractivity (Wildman–Crippen MR) is 112 cm³/mol. The quantitative estimate of drug-likeness (QED) is 0.664. The smallest absolute Gasteiger partial charge is 0.287 e. The second-order valence-corrected chi connectivity index (χ2v) is 7.09. The molecule has 2 aromatic carbocycles. The molecule has 1 aromatic heterocycles. The average molecular weight is 401 g/mol. The fourth-order valence-electron chi connectivity index (χ4n) is 3.61. The molecule has 0 aliphatic heterocycles. The minimum absolute atomic E-state index is 0. The molecular formula is C22H25ClN2O3. The Morgan fingerprint density at radius 2 is 1.71 bits per heavy atom. The van der Waals surface area contributed by atoms with Gasteiger partial charge in [-0.05, 0) is 43.9 Å². The van der Waals surface area contributed by atoms with Gasteiger partial charge in [0, 0.05) is 23.0 Å². The number of hydrogen-bond donors (Lipinski definition) is 2. The SMILES string of the molecule is Cl.NC1CCC(NC(=O)c2oc3ccccc3c2COc2ccccc2)CC1. The summed E-state index contributed by atoms with van der Waals surface area (Å²) in [7, 11) is 0. The zero-order chi connectivity index (χ0) is 18.6. The Morgan fingerprint density at radius 3 is 2.46 bits per heavy atom. The Morgan fingerprint density at radius 1 is 1.04 bits per heavy atom. The second-order valence-electron chi connectivity index (χ2n) is 7.09. The first-order chi connectivity index (χ1) is 13.2. The first kappa shape index (κ1) is 20.2. The molecule has 0 unspecified atom stereocenters. The van der Waals surface area contributed by atoms with Gasteiger partial charge in [0.2, 0.25) is 0 Å². The minimum Gasteiger partial charge on any atom is -0.489 e. The van der Waals surface area contributed by atoms with E-state index in [1.807, 2.05) is 54.6 Å². The van der Waals surface area contributed by atoms with Crippen LogP contribution in [0.3, 0.4) is 0 Å². The molecule has 148 valence electrons. The molecule has 1 fully saturated rings. The average Bonchev–Trinajstić information content (AvgIpc) is 3.08. The number of fused-ring (bicyclic) bond motifs is 1. The van der Waals surface area contributed by atoms with Crippen LogP contribution in [0.5, 0.6) is 5.75 Å². The molecule has 1 aliphatic rings. The lowest BCUT2D eigenvalue weighted by atomic mass is 9.92. The summed E-state index contributed by atoms with van der Waals surface area (Å²) in [5.41, 5.74) is 7.43. The fourth-order valence-corrected chi connectivity index (χ4v) is 3.61. The van der Waals surface area contributed by atoms with Crippen molar-refractivity contribution in [1.82, 2.24) is 5.32 Å². The Labute approximate surface area is 170 Å². The van der Waals surface area contributed by atoms with E-state index in [9.17, 15) is 4.79 Å². The summed E-state index contributed by atoms with van der Waals surface area (Å²) in [4.78, 5) is 12.9. The lowest BCUT2D eigenvalue weighted by Gasteiger charge is -2.26. The number of hydrogen-bond acceptors (Lipinski definition) is 4. The van der Waals surface area contributed by atoms with Crippen LogP contribution in [0, 0.1) is 0 Å². The van der Waals surface area contributed by atoms with Gasteiger partial charge in [0.25, 0.3) is 5.91 Å². The molecule has 0 saturated heterocycles. The molecule has 1 aliphatic carbocycles. The van der Waals surface area contributed by atoms with Crippen LogP contribution in [-0.4, -0.2) is 18.0 Å². The number of nitrogens with one attached hydrogen (secondary N) is 1. The molecule has 3 aromatic rings. The molecule has 0 spiro atoms. The van der Waals surface area contributed by atoms with Crippen molar-refractivity contribution in [2.24, 2.45) is 5.73 Å². The molecule has 0 bridgehead atoms. The largest absolute Gasteiger partial charge is 0.489 e. The summed E-state index contributed by atoms with van der Waals surface area (Å²) in [6, 6.07) is 17.6. The number of nitrogens with two attached hydrogens (primary N) is 1. The van der Waals surface area contributed by atoms with Gasteiger partial charge >= 0.3 is 0 Å². The van der Waals surface area contributed by atoms with E-state index >= 15 is 0 Å². The number of rotatable bonds is 5. The van der Waals surface area contributed by atoms with Gasteiger partial charge in [0.05, 0.1) is 0 Å². The first-order valence-electron chi connectivity index (χ1n) is 9.45. The van der Waals surface area contributed by atoms with E-state index in [1.54, 1.807) is 0 Å². The van der Waals surface area contributed by atoms with E-state index in [4.69, 9.17) is 14.9 Å². The van der Waals surface area contributed by atoms with E-state index in [0.29, 0.717) is 11.3 Å². The monoisotopic (exact) mass is 400 g/mol. The number of carbonyl (C=O) groups is 1. The van der Waals surface area contributed by atoms with E-state index in [0.717, 1.165) is 42.4 Å². The molecular weight excluding hydrogens is 376 g/mol. The number of furan rings is 1. The highest BCUT2D eigenvalue weighted by atomic mass is 35.5. The van der Waals surface area contributed by atoms with Gasteiger partial charge in [-0.15, -0.1) is 12.4 Å². The number of para-hydroxylation sites is 2. The van der Waals surface area contributed by atoms with Crippen molar-refractivity contribution in [2.45, 2.75) is 44.4 Å². The van der Waals surface area contributed by atoms with E-state index in [-0.39, 0.29) is 37.0 Å². The topological polar surface area (TPSA) is 77.5 Å². The second kappa shape index (κ2) is 9.13. The number of halogens is 1. The molecule has 1 heterocycles. The van der Waals surface area contributed by atoms with Gasteiger partial charge in [-0.1, -0.05) is 36.4 Å². The molecule has 3 N–H and O–H groups in total. The summed E-state index contributed by atoms with van der Waals surface area (Å²) in [5.74, 6) is 0.913. The van der Waals surface area contributed by atoms with Gasteiger partial charge in [-0.25, -0.2) is 0 Å². The Kier molecular flexibility index (Phi) is 6.60. The van der Waals surface area contributed by atoms with E-state index in [1.165, 1.54) is 0 Å². The Hall–Kier alpha value is -2.50. The number of amides is 1. The standard InChI is InChI=1S/C22H24N2O3.ClH/c23-15-10-12-16(13-11-15)24-22(25)21-19(14-26-17-6-2-1-3-7-17)18-8-4-5-9-20(18)27-21;/h1-9,15-16H,10-14,23H2,(H,24,25);1H. The zero-order valence-corrected chi connectivity index (χ0v) is 16.4. The van der Waals surface area contributed by atoms with Gasteiger partial charge < -0.3 is 20.2 Å². The maximum absolute atomic E-state index is 12.9. The third kappa shape index (κ3) is 4.49. The van der Waals surface area contributed by atoms with Crippen LogP contribution >= 0.6 is 12.4 Å². The summed E-state index contributed by atoms with van der Waals surface area (Å²) in [6.45, 7) is 0.277. The number of carbonyl (C=O) groups excluding carboxylic acids is 1. The van der Waals surface area contributed by atoms with Crippen molar-refractivity contribution >= 4 is 29.3 Å². The highest BCUT2D eigenvalue weighted by molar-refractivity contribution is 5.99. The molecule has 1 amide bonds. The minimum atomic E-state index is -0.182. The van der Waals surface area contributed by atoms with Crippen LogP contribution in [0.4, 0.5) is 0 Å². The van der Waals surface area contributed by atoms with Crippen molar-refractivity contribution < 1.29 is 13.9 Å². The summed E-state index contributed by atoms with van der Waals surface area (Å²) >= 11 is 0. The van der Waals surface area contributed by atoms with Crippen LogP contribution in [-0.2, 0) is 6.61 Å². The van der Waals surface area contributed by atoms with Crippen LogP contribution < -0.4 is 15.8 Å². The number of ether oxygens (including phenoxy) is 1.